The van der Waals surface area contributed by atoms with E-state index >= 15 is 0 Å². The van der Waals surface area contributed by atoms with E-state index in [9.17, 15) is 14.4 Å². The molecule has 2 aromatic rings. The van der Waals surface area contributed by atoms with Gasteiger partial charge in [-0.3, -0.25) is 14.4 Å². The summed E-state index contributed by atoms with van der Waals surface area (Å²) in [7, 11) is 0. The Hall–Kier alpha value is -3.15. The third kappa shape index (κ3) is 5.94. The molecule has 28 heavy (non-hydrogen) atoms. The van der Waals surface area contributed by atoms with Crippen LogP contribution in [0.2, 0.25) is 0 Å². The normalized spacial score (nSPS) is 10.9. The second-order valence-corrected chi connectivity index (χ2v) is 7.78. The molecule has 0 saturated heterocycles. The first-order valence-corrected chi connectivity index (χ1v) is 9.13. The van der Waals surface area contributed by atoms with Crippen LogP contribution in [0.25, 0.3) is 0 Å². The fourth-order valence-corrected chi connectivity index (χ4v) is 2.64. The maximum Gasteiger partial charge on any atom is 0.251 e. The maximum atomic E-state index is 12.3. The van der Waals surface area contributed by atoms with E-state index in [1.54, 1.807) is 24.3 Å². The fraction of sp³-hybridized carbons (Fsp3) is 0.318. The van der Waals surface area contributed by atoms with Crippen molar-refractivity contribution in [3.63, 3.8) is 0 Å². The number of hydrogen-bond donors (Lipinski definition) is 3. The molecule has 148 valence electrons. The van der Waals surface area contributed by atoms with Gasteiger partial charge in [-0.05, 0) is 70.0 Å². The number of hydrogen-bond acceptors (Lipinski definition) is 3. The number of anilines is 1. The topological polar surface area (TPSA) is 87.3 Å². The van der Waals surface area contributed by atoms with Gasteiger partial charge in [0.25, 0.3) is 11.8 Å². The van der Waals surface area contributed by atoms with Crippen LogP contribution in [0.3, 0.4) is 0 Å². The van der Waals surface area contributed by atoms with Gasteiger partial charge in [0.15, 0.2) is 0 Å². The molecule has 0 saturated carbocycles. The molecule has 3 N–H and O–H groups in total. The first-order chi connectivity index (χ1) is 13.1. The summed E-state index contributed by atoms with van der Waals surface area (Å²) in [6.07, 6.45) is 0. The van der Waals surface area contributed by atoms with Gasteiger partial charge in [0.05, 0.1) is 6.54 Å². The summed E-state index contributed by atoms with van der Waals surface area (Å²) in [5.41, 5.74) is 3.20. The number of para-hydroxylation sites is 1. The Morgan fingerprint density at radius 1 is 0.821 bits per heavy atom. The van der Waals surface area contributed by atoms with Crippen LogP contribution in [0, 0.1) is 13.8 Å². The van der Waals surface area contributed by atoms with Crippen LogP contribution in [0.1, 0.15) is 52.6 Å². The van der Waals surface area contributed by atoms with Gasteiger partial charge in [0.1, 0.15) is 0 Å². The van der Waals surface area contributed by atoms with E-state index < -0.39 is 0 Å². The van der Waals surface area contributed by atoms with E-state index in [0.29, 0.717) is 11.1 Å². The van der Waals surface area contributed by atoms with Crippen molar-refractivity contribution >= 4 is 23.4 Å². The molecule has 0 aromatic heterocycles. The predicted octanol–water partition coefficient (Wildman–Crippen LogP) is 3.20. The number of rotatable bonds is 5. The van der Waals surface area contributed by atoms with Crippen LogP contribution in [-0.2, 0) is 4.79 Å². The highest BCUT2D eigenvalue weighted by atomic mass is 16.2. The standard InChI is InChI=1S/C22H27N3O3/c1-14-7-6-8-15(2)19(14)24-18(26)13-23-20(27)16-9-11-17(12-10-16)21(28)25-22(3,4)5/h6-12H,13H2,1-5H3,(H,23,27)(H,24,26)(H,25,28). The van der Waals surface area contributed by atoms with Crippen molar-refractivity contribution in [1.29, 1.82) is 0 Å². The number of carbonyl (C=O) groups excluding carboxylic acids is 3. The number of carbonyl (C=O) groups is 3. The summed E-state index contributed by atoms with van der Waals surface area (Å²) in [5, 5.41) is 8.28. The smallest absolute Gasteiger partial charge is 0.251 e. The molecule has 0 bridgehead atoms. The Balaban J connectivity index is 1.92. The molecule has 2 aromatic carbocycles. The quantitative estimate of drug-likeness (QED) is 0.743. The van der Waals surface area contributed by atoms with Crippen molar-refractivity contribution in [2.24, 2.45) is 0 Å². The summed E-state index contributed by atoms with van der Waals surface area (Å²) >= 11 is 0. The Morgan fingerprint density at radius 3 is 1.82 bits per heavy atom. The van der Waals surface area contributed by atoms with Crippen LogP contribution >= 0.6 is 0 Å². The van der Waals surface area contributed by atoms with Gasteiger partial charge < -0.3 is 16.0 Å². The highest BCUT2D eigenvalue weighted by molar-refractivity contribution is 6.01. The minimum absolute atomic E-state index is 0.140. The molecule has 0 aliphatic rings. The number of amides is 3. The van der Waals surface area contributed by atoms with Gasteiger partial charge in [0, 0.05) is 22.4 Å². The van der Waals surface area contributed by atoms with E-state index in [1.807, 2.05) is 52.8 Å². The monoisotopic (exact) mass is 381 g/mol. The summed E-state index contributed by atoms with van der Waals surface area (Å²) in [6.45, 7) is 9.39. The zero-order chi connectivity index (χ0) is 20.9. The molecule has 0 atom stereocenters. The van der Waals surface area contributed by atoms with E-state index in [1.165, 1.54) is 0 Å². The molecule has 2 rings (SSSR count). The lowest BCUT2D eigenvalue weighted by atomic mass is 10.1. The van der Waals surface area contributed by atoms with Gasteiger partial charge in [-0.25, -0.2) is 0 Å². The Labute approximate surface area is 165 Å². The number of aryl methyl sites for hydroxylation is 2. The fourth-order valence-electron chi connectivity index (χ4n) is 2.64. The molecule has 6 nitrogen and oxygen atoms in total. The van der Waals surface area contributed by atoms with Crippen LogP contribution < -0.4 is 16.0 Å². The number of benzene rings is 2. The average molecular weight is 381 g/mol. The van der Waals surface area contributed by atoms with Gasteiger partial charge in [-0.15, -0.1) is 0 Å². The first kappa shape index (κ1) is 21.2. The van der Waals surface area contributed by atoms with Crippen LogP contribution in [-0.4, -0.2) is 29.8 Å². The zero-order valence-corrected chi connectivity index (χ0v) is 17.0. The van der Waals surface area contributed by atoms with Gasteiger partial charge >= 0.3 is 0 Å². The number of nitrogens with one attached hydrogen (secondary N) is 3. The molecule has 0 fully saturated rings. The molecule has 0 spiro atoms. The Kier molecular flexibility index (Phi) is 6.57. The van der Waals surface area contributed by atoms with Crippen LogP contribution in [0.15, 0.2) is 42.5 Å². The third-order valence-electron chi connectivity index (χ3n) is 4.05. The highest BCUT2D eigenvalue weighted by Crippen LogP contribution is 2.19. The summed E-state index contributed by atoms with van der Waals surface area (Å²) in [4.78, 5) is 36.5. The third-order valence-corrected chi connectivity index (χ3v) is 4.05. The summed E-state index contributed by atoms with van der Waals surface area (Å²) in [5.74, 6) is -0.876. The largest absolute Gasteiger partial charge is 0.347 e. The summed E-state index contributed by atoms with van der Waals surface area (Å²) < 4.78 is 0. The van der Waals surface area contributed by atoms with Crippen molar-refractivity contribution in [3.8, 4) is 0 Å². The van der Waals surface area contributed by atoms with Crippen molar-refractivity contribution in [2.45, 2.75) is 40.2 Å². The highest BCUT2D eigenvalue weighted by Gasteiger charge is 2.16. The lowest BCUT2D eigenvalue weighted by Gasteiger charge is -2.20. The van der Waals surface area contributed by atoms with Gasteiger partial charge in [0.2, 0.25) is 5.91 Å². The first-order valence-electron chi connectivity index (χ1n) is 9.13. The molecule has 0 radical (unpaired) electrons. The van der Waals surface area contributed by atoms with Crippen molar-refractivity contribution in [2.75, 3.05) is 11.9 Å². The molecule has 3 amide bonds. The lowest BCUT2D eigenvalue weighted by Crippen LogP contribution is -2.40. The molecular weight excluding hydrogens is 354 g/mol. The molecule has 6 heteroatoms. The molecule has 0 aliphatic heterocycles. The van der Waals surface area contributed by atoms with Gasteiger partial charge in [-0.1, -0.05) is 18.2 Å². The molecular formula is C22H27N3O3. The average Bonchev–Trinajstić information content (AvgIpc) is 2.61. The second kappa shape index (κ2) is 8.69. The van der Waals surface area contributed by atoms with E-state index in [2.05, 4.69) is 16.0 Å². The van der Waals surface area contributed by atoms with E-state index in [0.717, 1.165) is 16.8 Å². The minimum Gasteiger partial charge on any atom is -0.347 e. The predicted molar refractivity (Wildman–Crippen MR) is 111 cm³/mol. The van der Waals surface area contributed by atoms with Crippen LogP contribution in [0.4, 0.5) is 5.69 Å². The van der Waals surface area contributed by atoms with E-state index in [4.69, 9.17) is 0 Å². The zero-order valence-electron chi connectivity index (χ0n) is 17.0. The van der Waals surface area contributed by atoms with Crippen LogP contribution in [0.5, 0.6) is 0 Å². The summed E-state index contributed by atoms with van der Waals surface area (Å²) in [6, 6.07) is 12.1. The van der Waals surface area contributed by atoms with E-state index in [-0.39, 0.29) is 29.8 Å². The Bertz CT molecular complexity index is 861. The SMILES string of the molecule is Cc1cccc(C)c1NC(=O)CNC(=O)c1ccc(C(=O)NC(C)(C)C)cc1. The molecule has 0 aliphatic carbocycles. The van der Waals surface area contributed by atoms with Gasteiger partial charge in [-0.2, -0.15) is 0 Å². The van der Waals surface area contributed by atoms with Crippen molar-refractivity contribution in [3.05, 3.63) is 64.7 Å². The molecule has 0 unspecified atom stereocenters. The second-order valence-electron chi connectivity index (χ2n) is 7.78. The van der Waals surface area contributed by atoms with Crippen molar-refractivity contribution in [1.82, 2.24) is 10.6 Å². The minimum atomic E-state index is -0.376. The van der Waals surface area contributed by atoms with Crippen molar-refractivity contribution < 1.29 is 14.4 Å². The molecule has 0 heterocycles. The lowest BCUT2D eigenvalue weighted by molar-refractivity contribution is -0.115. The maximum absolute atomic E-state index is 12.3. The Morgan fingerprint density at radius 2 is 1.32 bits per heavy atom.